The van der Waals surface area contributed by atoms with Gasteiger partial charge >= 0.3 is 0 Å². The van der Waals surface area contributed by atoms with Gasteiger partial charge < -0.3 is 10.2 Å². The van der Waals surface area contributed by atoms with Gasteiger partial charge in [0.15, 0.2) is 0 Å². The molecule has 5 heteroatoms. The van der Waals surface area contributed by atoms with E-state index in [0.29, 0.717) is 6.42 Å². The summed E-state index contributed by atoms with van der Waals surface area (Å²) in [4.78, 5) is 18.9. The van der Waals surface area contributed by atoms with E-state index < -0.39 is 0 Å². The fourth-order valence-corrected chi connectivity index (χ4v) is 4.37. The maximum atomic E-state index is 11.8. The number of hydrogen-bond acceptors (Lipinski definition) is 4. The van der Waals surface area contributed by atoms with Gasteiger partial charge in [-0.3, -0.25) is 14.6 Å². The molecular formula is C19H28N4O. The number of carbonyl (C=O) groups is 1. The first-order chi connectivity index (χ1) is 11.7. The summed E-state index contributed by atoms with van der Waals surface area (Å²) in [7, 11) is 1.89. The molecule has 0 spiro atoms. The molecule has 0 bridgehead atoms. The predicted octanol–water partition coefficient (Wildman–Crippen LogP) is 1.08. The van der Waals surface area contributed by atoms with Gasteiger partial charge in [0.2, 0.25) is 5.91 Å². The van der Waals surface area contributed by atoms with Gasteiger partial charge in [-0.25, -0.2) is 0 Å². The van der Waals surface area contributed by atoms with E-state index in [1.807, 2.05) is 7.05 Å². The summed E-state index contributed by atoms with van der Waals surface area (Å²) in [6.07, 6.45) is 2.82. The van der Waals surface area contributed by atoms with E-state index in [1.165, 1.54) is 43.7 Å². The molecule has 1 amide bonds. The number of piperazine rings is 1. The Bertz CT molecular complexity index is 611. The SMILES string of the molecule is CN1C(=O)CCc2cc(CN3CCC(N4CCNCC4)C3)ccc21. The van der Waals surface area contributed by atoms with E-state index in [4.69, 9.17) is 0 Å². The summed E-state index contributed by atoms with van der Waals surface area (Å²) in [5.74, 6) is 0.230. The molecule has 2 saturated heterocycles. The second kappa shape index (κ2) is 6.82. The number of amides is 1. The molecule has 1 aromatic carbocycles. The molecule has 1 N–H and O–H groups in total. The van der Waals surface area contributed by atoms with Crippen LogP contribution in [0.4, 0.5) is 5.69 Å². The number of anilines is 1. The van der Waals surface area contributed by atoms with E-state index in [-0.39, 0.29) is 5.91 Å². The second-order valence-electron chi connectivity index (χ2n) is 7.38. The third kappa shape index (κ3) is 3.21. The summed E-state index contributed by atoms with van der Waals surface area (Å²) >= 11 is 0. The molecule has 24 heavy (non-hydrogen) atoms. The zero-order valence-electron chi connectivity index (χ0n) is 14.6. The molecule has 4 rings (SSSR count). The molecule has 1 atom stereocenters. The van der Waals surface area contributed by atoms with E-state index in [0.717, 1.165) is 37.8 Å². The third-order valence-corrected chi connectivity index (χ3v) is 5.81. The van der Waals surface area contributed by atoms with Crippen LogP contribution in [0.1, 0.15) is 24.0 Å². The van der Waals surface area contributed by atoms with Crippen LogP contribution < -0.4 is 10.2 Å². The zero-order valence-corrected chi connectivity index (χ0v) is 14.6. The minimum atomic E-state index is 0.230. The quantitative estimate of drug-likeness (QED) is 0.901. The lowest BCUT2D eigenvalue weighted by Crippen LogP contribution is -2.49. The Morgan fingerprint density at radius 3 is 2.83 bits per heavy atom. The maximum Gasteiger partial charge on any atom is 0.227 e. The van der Waals surface area contributed by atoms with Gasteiger partial charge in [-0.1, -0.05) is 12.1 Å². The molecule has 0 aromatic heterocycles. The molecule has 3 heterocycles. The van der Waals surface area contributed by atoms with Crippen LogP contribution in [0.5, 0.6) is 0 Å². The molecule has 1 unspecified atom stereocenters. The van der Waals surface area contributed by atoms with Crippen LogP contribution in [-0.4, -0.2) is 68.1 Å². The molecule has 3 aliphatic heterocycles. The van der Waals surface area contributed by atoms with Crippen molar-refractivity contribution in [2.45, 2.75) is 31.8 Å². The number of nitrogens with one attached hydrogen (secondary N) is 1. The van der Waals surface area contributed by atoms with Crippen LogP contribution in [-0.2, 0) is 17.8 Å². The first kappa shape index (κ1) is 16.1. The van der Waals surface area contributed by atoms with Crippen molar-refractivity contribution in [3.05, 3.63) is 29.3 Å². The monoisotopic (exact) mass is 328 g/mol. The molecule has 3 aliphatic rings. The molecule has 5 nitrogen and oxygen atoms in total. The Labute approximate surface area is 144 Å². The normalized spacial score (nSPS) is 26.0. The van der Waals surface area contributed by atoms with Crippen molar-refractivity contribution in [3.63, 3.8) is 0 Å². The third-order valence-electron chi connectivity index (χ3n) is 5.81. The highest BCUT2D eigenvalue weighted by atomic mass is 16.2. The first-order valence-corrected chi connectivity index (χ1v) is 9.26. The fraction of sp³-hybridized carbons (Fsp3) is 0.632. The molecule has 0 saturated carbocycles. The average Bonchev–Trinajstić information content (AvgIpc) is 3.08. The van der Waals surface area contributed by atoms with E-state index in [1.54, 1.807) is 4.90 Å². The van der Waals surface area contributed by atoms with Crippen molar-refractivity contribution >= 4 is 11.6 Å². The van der Waals surface area contributed by atoms with Crippen LogP contribution in [0.25, 0.3) is 0 Å². The predicted molar refractivity (Wildman–Crippen MR) is 96.3 cm³/mol. The second-order valence-corrected chi connectivity index (χ2v) is 7.38. The fourth-order valence-electron chi connectivity index (χ4n) is 4.37. The maximum absolute atomic E-state index is 11.8. The van der Waals surface area contributed by atoms with Crippen LogP contribution in [0.2, 0.25) is 0 Å². The molecule has 2 fully saturated rings. The molecule has 0 aliphatic carbocycles. The Morgan fingerprint density at radius 1 is 1.17 bits per heavy atom. The van der Waals surface area contributed by atoms with Crippen molar-refractivity contribution in [2.24, 2.45) is 0 Å². The lowest BCUT2D eigenvalue weighted by atomic mass is 9.99. The molecule has 130 valence electrons. The smallest absolute Gasteiger partial charge is 0.227 e. The van der Waals surface area contributed by atoms with Gasteiger partial charge in [0.1, 0.15) is 0 Å². The Kier molecular flexibility index (Phi) is 4.57. The van der Waals surface area contributed by atoms with Crippen LogP contribution in [0, 0.1) is 0 Å². The van der Waals surface area contributed by atoms with Gasteiger partial charge in [-0.2, -0.15) is 0 Å². The Hall–Kier alpha value is -1.43. The number of nitrogens with zero attached hydrogens (tertiary/aromatic N) is 3. The highest BCUT2D eigenvalue weighted by molar-refractivity contribution is 5.95. The van der Waals surface area contributed by atoms with Gasteiger partial charge in [0.05, 0.1) is 0 Å². The van der Waals surface area contributed by atoms with Crippen molar-refractivity contribution in [3.8, 4) is 0 Å². The number of likely N-dealkylation sites (tertiary alicyclic amines) is 1. The number of hydrogen-bond donors (Lipinski definition) is 1. The van der Waals surface area contributed by atoms with Gasteiger partial charge in [-0.05, 0) is 30.0 Å². The van der Waals surface area contributed by atoms with Crippen molar-refractivity contribution in [1.82, 2.24) is 15.1 Å². The lowest BCUT2D eigenvalue weighted by Gasteiger charge is -2.32. The summed E-state index contributed by atoms with van der Waals surface area (Å²) < 4.78 is 0. The lowest BCUT2D eigenvalue weighted by molar-refractivity contribution is -0.118. The highest BCUT2D eigenvalue weighted by Crippen LogP contribution is 2.28. The zero-order chi connectivity index (χ0) is 16.5. The number of carbonyl (C=O) groups excluding carboxylic acids is 1. The summed E-state index contributed by atoms with van der Waals surface area (Å²) in [6, 6.07) is 7.38. The topological polar surface area (TPSA) is 38.8 Å². The average molecular weight is 328 g/mol. The number of fused-ring (bicyclic) bond motifs is 1. The Morgan fingerprint density at radius 2 is 2.00 bits per heavy atom. The molecule has 1 aromatic rings. The minimum Gasteiger partial charge on any atom is -0.315 e. The largest absolute Gasteiger partial charge is 0.315 e. The van der Waals surface area contributed by atoms with Crippen LogP contribution in [0.3, 0.4) is 0 Å². The minimum absolute atomic E-state index is 0.230. The summed E-state index contributed by atoms with van der Waals surface area (Å²) in [5.41, 5.74) is 3.81. The van der Waals surface area contributed by atoms with E-state index >= 15 is 0 Å². The summed E-state index contributed by atoms with van der Waals surface area (Å²) in [5, 5.41) is 3.44. The van der Waals surface area contributed by atoms with Gasteiger partial charge in [0, 0.05) is 71.0 Å². The molecular weight excluding hydrogens is 300 g/mol. The highest BCUT2D eigenvalue weighted by Gasteiger charge is 2.28. The van der Waals surface area contributed by atoms with Crippen molar-refractivity contribution < 1.29 is 4.79 Å². The van der Waals surface area contributed by atoms with E-state index in [9.17, 15) is 4.79 Å². The van der Waals surface area contributed by atoms with Crippen LogP contribution >= 0.6 is 0 Å². The number of benzene rings is 1. The van der Waals surface area contributed by atoms with Crippen molar-refractivity contribution in [2.75, 3.05) is 51.2 Å². The van der Waals surface area contributed by atoms with Gasteiger partial charge in [0.25, 0.3) is 0 Å². The summed E-state index contributed by atoms with van der Waals surface area (Å²) in [6.45, 7) is 8.07. The first-order valence-electron chi connectivity index (χ1n) is 9.26. The number of rotatable bonds is 3. The van der Waals surface area contributed by atoms with Crippen LogP contribution in [0.15, 0.2) is 18.2 Å². The van der Waals surface area contributed by atoms with E-state index in [2.05, 4.69) is 33.3 Å². The van der Waals surface area contributed by atoms with Crippen molar-refractivity contribution in [1.29, 1.82) is 0 Å². The van der Waals surface area contributed by atoms with Gasteiger partial charge in [-0.15, -0.1) is 0 Å². The Balaban J connectivity index is 1.38. The number of aryl methyl sites for hydroxylation is 1. The molecule has 0 radical (unpaired) electrons. The standard InChI is InChI=1S/C19H28N4O/c1-21-18-4-2-15(12-16(18)3-5-19(21)24)13-22-9-6-17(14-22)23-10-7-20-8-11-23/h2,4,12,17,20H,3,5-11,13-14H2,1H3.